The van der Waals surface area contributed by atoms with Gasteiger partial charge >= 0.3 is 0 Å². The number of piperidine rings is 1. The first-order valence-corrected chi connectivity index (χ1v) is 9.50. The van der Waals surface area contributed by atoms with Gasteiger partial charge in [0.25, 0.3) is 5.91 Å². The van der Waals surface area contributed by atoms with Crippen LogP contribution in [0.25, 0.3) is 11.3 Å². The van der Waals surface area contributed by atoms with E-state index in [4.69, 9.17) is 4.52 Å². The second-order valence-electron chi connectivity index (χ2n) is 7.26. The summed E-state index contributed by atoms with van der Waals surface area (Å²) in [6.07, 6.45) is 6.90. The van der Waals surface area contributed by atoms with E-state index in [0.29, 0.717) is 17.3 Å². The Kier molecular flexibility index (Phi) is 4.90. The van der Waals surface area contributed by atoms with E-state index in [1.807, 2.05) is 31.9 Å². The lowest BCUT2D eigenvalue weighted by Crippen LogP contribution is -2.38. The molecule has 1 amide bonds. The van der Waals surface area contributed by atoms with Gasteiger partial charge in [0.1, 0.15) is 11.6 Å². The number of rotatable bonds is 3. The molecule has 4 rings (SSSR count). The smallest absolute Gasteiger partial charge is 0.256 e. The van der Waals surface area contributed by atoms with Crippen molar-refractivity contribution in [2.75, 3.05) is 13.1 Å². The Labute approximate surface area is 163 Å². The summed E-state index contributed by atoms with van der Waals surface area (Å²) in [7, 11) is 0. The summed E-state index contributed by atoms with van der Waals surface area (Å²) < 4.78 is 5.28. The van der Waals surface area contributed by atoms with Crippen LogP contribution >= 0.6 is 0 Å². The zero-order chi connectivity index (χ0) is 19.7. The summed E-state index contributed by atoms with van der Waals surface area (Å²) >= 11 is 0. The maximum atomic E-state index is 12.7. The zero-order valence-electron chi connectivity index (χ0n) is 16.3. The number of aromatic nitrogens is 4. The lowest BCUT2D eigenvalue weighted by molar-refractivity contribution is 0.0712. The van der Waals surface area contributed by atoms with Crippen LogP contribution in [0.4, 0.5) is 0 Å². The molecule has 0 unspecified atom stereocenters. The summed E-state index contributed by atoms with van der Waals surface area (Å²) in [6.45, 7) is 7.09. The molecule has 1 fully saturated rings. The molecule has 0 saturated carbocycles. The first-order chi connectivity index (χ1) is 13.5. The summed E-state index contributed by atoms with van der Waals surface area (Å²) in [5.74, 6) is 1.86. The molecule has 1 saturated heterocycles. The molecule has 144 valence electrons. The van der Waals surface area contributed by atoms with Crippen molar-refractivity contribution in [3.63, 3.8) is 0 Å². The van der Waals surface area contributed by atoms with Gasteiger partial charge in [-0.2, -0.15) is 0 Å². The number of hydrogen-bond acceptors (Lipinski definition) is 6. The Bertz CT molecular complexity index is 969. The van der Waals surface area contributed by atoms with Gasteiger partial charge in [-0.25, -0.2) is 9.97 Å². The highest BCUT2D eigenvalue weighted by atomic mass is 16.5. The number of carbonyl (C=O) groups is 1. The van der Waals surface area contributed by atoms with Crippen molar-refractivity contribution in [2.45, 2.75) is 39.5 Å². The highest BCUT2D eigenvalue weighted by Crippen LogP contribution is 2.32. The number of likely N-dealkylation sites (tertiary alicyclic amines) is 1. The molecule has 0 radical (unpaired) electrons. The van der Waals surface area contributed by atoms with Crippen molar-refractivity contribution in [3.8, 4) is 11.3 Å². The number of nitrogens with zero attached hydrogens (tertiary/aromatic N) is 5. The molecule has 0 bridgehead atoms. The molecule has 28 heavy (non-hydrogen) atoms. The van der Waals surface area contributed by atoms with Crippen LogP contribution < -0.4 is 0 Å². The lowest BCUT2D eigenvalue weighted by Gasteiger charge is -2.32. The minimum atomic E-state index is 0.00425. The number of hydrogen-bond donors (Lipinski definition) is 0. The first kappa shape index (κ1) is 18.3. The van der Waals surface area contributed by atoms with Gasteiger partial charge in [-0.05, 0) is 57.2 Å². The third-order valence-electron chi connectivity index (χ3n) is 5.35. The molecule has 7 nitrogen and oxygen atoms in total. The molecule has 0 atom stereocenters. The maximum absolute atomic E-state index is 12.7. The van der Waals surface area contributed by atoms with Crippen molar-refractivity contribution in [3.05, 3.63) is 59.1 Å². The Morgan fingerprint density at radius 2 is 1.82 bits per heavy atom. The van der Waals surface area contributed by atoms with E-state index in [-0.39, 0.29) is 5.91 Å². The topological polar surface area (TPSA) is 85.0 Å². The van der Waals surface area contributed by atoms with E-state index in [1.165, 1.54) is 5.56 Å². The lowest BCUT2D eigenvalue weighted by atomic mass is 9.89. The van der Waals surface area contributed by atoms with Crippen LogP contribution in [0.15, 0.2) is 35.2 Å². The van der Waals surface area contributed by atoms with Gasteiger partial charge in [0.2, 0.25) is 0 Å². The number of pyridine rings is 1. The fourth-order valence-corrected chi connectivity index (χ4v) is 3.79. The largest absolute Gasteiger partial charge is 0.361 e. The first-order valence-electron chi connectivity index (χ1n) is 9.50. The molecular weight excluding hydrogens is 354 g/mol. The SMILES string of the molecule is Cc1ncc(C(=O)N2CCC(c3ccnc(-c4c(C)noc4C)c3)CC2)cn1. The number of aryl methyl sites for hydroxylation is 3. The minimum Gasteiger partial charge on any atom is -0.361 e. The third-order valence-corrected chi connectivity index (χ3v) is 5.35. The molecule has 3 aromatic rings. The molecule has 4 heterocycles. The van der Waals surface area contributed by atoms with E-state index in [2.05, 4.69) is 32.2 Å². The molecule has 0 aromatic carbocycles. The molecule has 3 aromatic heterocycles. The van der Waals surface area contributed by atoms with Crippen molar-refractivity contribution >= 4 is 5.91 Å². The van der Waals surface area contributed by atoms with Crippen LogP contribution in [0.2, 0.25) is 0 Å². The maximum Gasteiger partial charge on any atom is 0.256 e. The van der Waals surface area contributed by atoms with Crippen molar-refractivity contribution in [1.82, 2.24) is 25.0 Å². The van der Waals surface area contributed by atoms with Gasteiger partial charge < -0.3 is 9.42 Å². The van der Waals surface area contributed by atoms with Crippen molar-refractivity contribution in [2.24, 2.45) is 0 Å². The minimum absolute atomic E-state index is 0.00425. The molecule has 0 N–H and O–H groups in total. The van der Waals surface area contributed by atoms with E-state index in [1.54, 1.807) is 12.4 Å². The molecule has 7 heteroatoms. The van der Waals surface area contributed by atoms with E-state index >= 15 is 0 Å². The molecular formula is C21H23N5O2. The van der Waals surface area contributed by atoms with Crippen LogP contribution in [-0.4, -0.2) is 44.0 Å². The van der Waals surface area contributed by atoms with Crippen LogP contribution in [0.1, 0.15) is 52.0 Å². The average Bonchev–Trinajstić information content (AvgIpc) is 3.06. The summed E-state index contributed by atoms with van der Waals surface area (Å²) in [5, 5.41) is 4.03. The Morgan fingerprint density at radius 1 is 1.11 bits per heavy atom. The summed E-state index contributed by atoms with van der Waals surface area (Å²) in [5.41, 5.74) is 4.50. The van der Waals surface area contributed by atoms with Gasteiger partial charge in [-0.15, -0.1) is 0 Å². The summed E-state index contributed by atoms with van der Waals surface area (Å²) in [4.78, 5) is 27.3. The normalized spacial score (nSPS) is 15.0. The van der Waals surface area contributed by atoms with Crippen molar-refractivity contribution < 1.29 is 9.32 Å². The van der Waals surface area contributed by atoms with Crippen LogP contribution in [0.5, 0.6) is 0 Å². The van der Waals surface area contributed by atoms with Gasteiger partial charge in [-0.1, -0.05) is 5.16 Å². The second-order valence-corrected chi connectivity index (χ2v) is 7.26. The van der Waals surface area contributed by atoms with Crippen LogP contribution in [0, 0.1) is 20.8 Å². The fraction of sp³-hybridized carbons (Fsp3) is 0.381. The number of carbonyl (C=O) groups excluding carboxylic acids is 1. The Morgan fingerprint density at radius 3 is 2.46 bits per heavy atom. The molecule has 1 aliphatic rings. The van der Waals surface area contributed by atoms with Gasteiger partial charge in [0.05, 0.1) is 22.5 Å². The molecule has 0 spiro atoms. The van der Waals surface area contributed by atoms with Crippen LogP contribution in [-0.2, 0) is 0 Å². The van der Waals surface area contributed by atoms with E-state index < -0.39 is 0 Å². The zero-order valence-corrected chi connectivity index (χ0v) is 16.3. The van der Waals surface area contributed by atoms with Gasteiger partial charge in [0, 0.05) is 31.7 Å². The quantitative estimate of drug-likeness (QED) is 0.695. The van der Waals surface area contributed by atoms with Crippen LogP contribution in [0.3, 0.4) is 0 Å². The average molecular weight is 377 g/mol. The van der Waals surface area contributed by atoms with Crippen molar-refractivity contribution in [1.29, 1.82) is 0 Å². The van der Waals surface area contributed by atoms with Gasteiger partial charge in [-0.3, -0.25) is 9.78 Å². The highest BCUT2D eigenvalue weighted by molar-refractivity contribution is 5.93. The molecule has 0 aliphatic carbocycles. The monoisotopic (exact) mass is 377 g/mol. The highest BCUT2D eigenvalue weighted by Gasteiger charge is 2.25. The summed E-state index contributed by atoms with van der Waals surface area (Å²) in [6, 6.07) is 4.19. The predicted octanol–water partition coefficient (Wildman–Crippen LogP) is 3.47. The van der Waals surface area contributed by atoms with E-state index in [0.717, 1.165) is 48.6 Å². The fourth-order valence-electron chi connectivity index (χ4n) is 3.79. The molecule has 1 aliphatic heterocycles. The third kappa shape index (κ3) is 3.52. The second kappa shape index (κ2) is 7.50. The van der Waals surface area contributed by atoms with Gasteiger partial charge in [0.15, 0.2) is 0 Å². The number of amides is 1. The predicted molar refractivity (Wildman–Crippen MR) is 104 cm³/mol. The standard InChI is InChI=1S/C21H23N5O2/c1-13-20(14(2)28-25-13)19-10-17(4-7-22-19)16-5-8-26(9-6-16)21(27)18-11-23-15(3)24-12-18/h4,7,10-12,16H,5-6,8-9H2,1-3H3. The Balaban J connectivity index is 1.46. The Hall–Kier alpha value is -3.09. The van der Waals surface area contributed by atoms with E-state index in [9.17, 15) is 4.79 Å².